The normalized spacial score (nSPS) is 20.6. The van der Waals surface area contributed by atoms with Crippen LogP contribution in [0.25, 0.3) is 0 Å². The Morgan fingerprint density at radius 3 is 2.79 bits per heavy atom. The van der Waals surface area contributed by atoms with Gasteiger partial charge in [0.1, 0.15) is 23.7 Å². The highest BCUT2D eigenvalue weighted by Crippen LogP contribution is 2.41. The Labute approximate surface area is 167 Å². The molecule has 2 aliphatic rings. The monoisotopic (exact) mass is 423 g/mol. The van der Waals surface area contributed by atoms with Crippen LogP contribution >= 0.6 is 0 Å². The van der Waals surface area contributed by atoms with Crippen molar-refractivity contribution in [1.82, 2.24) is 9.88 Å². The molecule has 1 saturated heterocycles. The first-order valence-corrected chi connectivity index (χ1v) is 10.9. The van der Waals surface area contributed by atoms with Crippen molar-refractivity contribution in [1.29, 1.82) is 0 Å². The summed E-state index contributed by atoms with van der Waals surface area (Å²) in [5.74, 6) is -1.02. The molecule has 1 aromatic carbocycles. The van der Waals surface area contributed by atoms with Gasteiger partial charge < -0.3 is 9.63 Å². The molecule has 156 valence electrons. The Balaban J connectivity index is 1.60. The lowest BCUT2D eigenvalue weighted by molar-refractivity contribution is -0.117. The number of hydrogen-bond donors (Lipinski definition) is 2. The molecule has 1 aliphatic heterocycles. The summed E-state index contributed by atoms with van der Waals surface area (Å²) in [7, 11) is -4.21. The molecule has 1 fully saturated rings. The number of fused-ring (bicyclic) bond motifs is 1. The molecule has 1 aliphatic carbocycles. The minimum atomic E-state index is -4.21. The van der Waals surface area contributed by atoms with Crippen LogP contribution in [0, 0.1) is 25.6 Å². The van der Waals surface area contributed by atoms with E-state index in [0.29, 0.717) is 28.3 Å². The number of nitrogens with one attached hydrogen (secondary N) is 1. The molecule has 1 unspecified atom stereocenters. The Morgan fingerprint density at radius 1 is 1.41 bits per heavy atom. The van der Waals surface area contributed by atoms with Gasteiger partial charge in [-0.15, -0.1) is 0 Å². The van der Waals surface area contributed by atoms with Crippen molar-refractivity contribution < 1.29 is 27.2 Å². The van der Waals surface area contributed by atoms with Gasteiger partial charge in [0.05, 0.1) is 5.69 Å². The molecule has 29 heavy (non-hydrogen) atoms. The van der Waals surface area contributed by atoms with Crippen molar-refractivity contribution >= 4 is 21.8 Å². The van der Waals surface area contributed by atoms with Gasteiger partial charge in [-0.1, -0.05) is 5.16 Å². The van der Waals surface area contributed by atoms with Gasteiger partial charge in [-0.3, -0.25) is 4.79 Å². The average molecular weight is 423 g/mol. The fraction of sp³-hybridized carbons (Fsp3) is 0.474. The first kappa shape index (κ1) is 19.7. The fourth-order valence-electron chi connectivity index (χ4n) is 4.25. The van der Waals surface area contributed by atoms with Gasteiger partial charge in [0.15, 0.2) is 5.82 Å². The van der Waals surface area contributed by atoms with Crippen LogP contribution in [0.15, 0.2) is 10.6 Å². The standard InChI is InChI=1S/C19H22FN3O5S/c1-10-14(11(2)28-21-10)6-4-12-3-5-13-8-16(24)19(18(20)15(13)7-12)23-9-17(25)22-29(23,26)27/h8,12,24H,3-7,9H2,1-2H3,(H,22,25). The predicted octanol–water partition coefficient (Wildman–Crippen LogP) is 2.05. The number of aromatic hydroxyl groups is 1. The molecule has 1 amide bonds. The molecule has 1 atom stereocenters. The first-order chi connectivity index (χ1) is 13.7. The molecule has 10 heteroatoms. The van der Waals surface area contributed by atoms with Crippen molar-refractivity contribution in [3.8, 4) is 5.75 Å². The van der Waals surface area contributed by atoms with Crippen molar-refractivity contribution in [2.75, 3.05) is 10.8 Å². The summed E-state index contributed by atoms with van der Waals surface area (Å²) in [6.45, 7) is 3.20. The van der Waals surface area contributed by atoms with E-state index in [9.17, 15) is 18.3 Å². The van der Waals surface area contributed by atoms with Crippen molar-refractivity contribution in [2.24, 2.45) is 5.92 Å². The van der Waals surface area contributed by atoms with Gasteiger partial charge in [-0.25, -0.2) is 13.4 Å². The average Bonchev–Trinajstić information content (AvgIpc) is 3.10. The van der Waals surface area contributed by atoms with Crippen LogP contribution in [0.3, 0.4) is 0 Å². The Kier molecular flexibility index (Phi) is 4.76. The molecule has 4 rings (SSSR count). The third-order valence-corrected chi connectivity index (χ3v) is 7.16. The number of aryl methyl sites for hydroxylation is 3. The molecular weight excluding hydrogens is 401 g/mol. The largest absolute Gasteiger partial charge is 0.506 e. The highest BCUT2D eigenvalue weighted by Gasteiger charge is 2.39. The van der Waals surface area contributed by atoms with E-state index in [1.807, 2.05) is 13.8 Å². The summed E-state index contributed by atoms with van der Waals surface area (Å²) < 4.78 is 47.1. The van der Waals surface area contributed by atoms with Gasteiger partial charge in [-0.2, -0.15) is 8.42 Å². The Hall–Kier alpha value is -2.62. The van der Waals surface area contributed by atoms with E-state index < -0.39 is 39.9 Å². The first-order valence-electron chi connectivity index (χ1n) is 9.45. The molecule has 0 saturated carbocycles. The zero-order valence-electron chi connectivity index (χ0n) is 16.2. The quantitative estimate of drug-likeness (QED) is 0.778. The molecule has 1 aromatic heterocycles. The van der Waals surface area contributed by atoms with Gasteiger partial charge in [0, 0.05) is 5.56 Å². The van der Waals surface area contributed by atoms with Crippen molar-refractivity contribution in [3.63, 3.8) is 0 Å². The van der Waals surface area contributed by atoms with E-state index in [1.165, 1.54) is 6.07 Å². The lowest BCUT2D eigenvalue weighted by atomic mass is 9.80. The van der Waals surface area contributed by atoms with E-state index in [1.54, 1.807) is 4.72 Å². The molecular formula is C19H22FN3O5S. The van der Waals surface area contributed by atoms with Gasteiger partial charge in [0.25, 0.3) is 5.91 Å². The summed E-state index contributed by atoms with van der Waals surface area (Å²) in [4.78, 5) is 11.5. The van der Waals surface area contributed by atoms with Crippen LogP contribution in [0.1, 0.15) is 41.0 Å². The number of anilines is 1. The molecule has 0 bridgehead atoms. The van der Waals surface area contributed by atoms with Crippen LogP contribution in [0.2, 0.25) is 0 Å². The van der Waals surface area contributed by atoms with E-state index >= 15 is 4.39 Å². The maximum atomic E-state index is 15.3. The lowest BCUT2D eigenvalue weighted by Crippen LogP contribution is -2.31. The number of phenolic OH excluding ortho intramolecular Hbond substituents is 1. The summed E-state index contributed by atoms with van der Waals surface area (Å²) in [5, 5.41) is 14.2. The number of hydrogen-bond acceptors (Lipinski definition) is 6. The molecule has 8 nitrogen and oxygen atoms in total. The number of halogens is 1. The smallest absolute Gasteiger partial charge is 0.326 e. The minimum absolute atomic E-state index is 0.207. The number of carbonyl (C=O) groups is 1. The van der Waals surface area contributed by atoms with E-state index in [4.69, 9.17) is 4.52 Å². The van der Waals surface area contributed by atoms with Gasteiger partial charge in [0.2, 0.25) is 0 Å². The number of carbonyl (C=O) groups excluding carboxylic acids is 1. The zero-order chi connectivity index (χ0) is 20.9. The SMILES string of the molecule is Cc1noc(C)c1CCC1CCc2cc(O)c(N3CC(=O)NS3(=O)=O)c(F)c2C1. The number of amides is 1. The van der Waals surface area contributed by atoms with Crippen molar-refractivity contribution in [2.45, 2.75) is 46.0 Å². The number of aromatic nitrogens is 1. The van der Waals surface area contributed by atoms with E-state index in [-0.39, 0.29) is 5.92 Å². The number of benzene rings is 1. The molecule has 2 heterocycles. The molecule has 0 radical (unpaired) electrons. The second-order valence-corrected chi connectivity index (χ2v) is 9.28. The number of phenols is 1. The number of nitrogens with zero attached hydrogens (tertiary/aromatic N) is 2. The minimum Gasteiger partial charge on any atom is -0.506 e. The van der Waals surface area contributed by atoms with Crippen molar-refractivity contribution in [3.05, 3.63) is 40.0 Å². The summed E-state index contributed by atoms with van der Waals surface area (Å²) in [5.41, 5.74) is 2.54. The Morgan fingerprint density at radius 2 is 2.17 bits per heavy atom. The van der Waals surface area contributed by atoms with Gasteiger partial charge in [-0.05, 0) is 69.1 Å². The Bertz CT molecular complexity index is 1080. The second kappa shape index (κ2) is 7.01. The van der Waals surface area contributed by atoms with Gasteiger partial charge >= 0.3 is 10.2 Å². The predicted molar refractivity (Wildman–Crippen MR) is 102 cm³/mol. The molecule has 2 N–H and O–H groups in total. The van der Waals surface area contributed by atoms with Crippen LogP contribution in [-0.2, 0) is 34.3 Å². The summed E-state index contributed by atoms with van der Waals surface area (Å²) >= 11 is 0. The highest BCUT2D eigenvalue weighted by atomic mass is 32.2. The third kappa shape index (κ3) is 3.45. The third-order valence-electron chi connectivity index (χ3n) is 5.78. The van der Waals surface area contributed by atoms with E-state index in [2.05, 4.69) is 5.16 Å². The maximum absolute atomic E-state index is 15.3. The summed E-state index contributed by atoms with van der Waals surface area (Å²) in [6, 6.07) is 1.41. The van der Waals surface area contributed by atoms with Crippen LogP contribution in [0.4, 0.5) is 10.1 Å². The van der Waals surface area contributed by atoms with Crippen LogP contribution in [-0.4, -0.2) is 31.1 Å². The lowest BCUT2D eigenvalue weighted by Gasteiger charge is -2.27. The highest BCUT2D eigenvalue weighted by molar-refractivity contribution is 7.92. The topological polar surface area (TPSA) is 113 Å². The number of rotatable bonds is 4. The molecule has 0 spiro atoms. The van der Waals surface area contributed by atoms with E-state index in [0.717, 1.165) is 36.3 Å². The zero-order valence-corrected chi connectivity index (χ0v) is 17.0. The fourth-order valence-corrected chi connectivity index (χ4v) is 5.41. The summed E-state index contributed by atoms with van der Waals surface area (Å²) in [6.07, 6.45) is 3.47. The van der Waals surface area contributed by atoms with Crippen LogP contribution < -0.4 is 9.03 Å². The molecule has 2 aromatic rings. The second-order valence-electron chi connectivity index (χ2n) is 7.68. The maximum Gasteiger partial charge on any atom is 0.326 e. The van der Waals surface area contributed by atoms with Crippen LogP contribution in [0.5, 0.6) is 5.75 Å².